The van der Waals surface area contributed by atoms with E-state index in [9.17, 15) is 18.0 Å². The summed E-state index contributed by atoms with van der Waals surface area (Å²) < 4.78 is 54.4. The maximum Gasteiger partial charge on any atom is 0.255 e. The summed E-state index contributed by atoms with van der Waals surface area (Å²) in [4.78, 5) is 12.9. The van der Waals surface area contributed by atoms with Crippen molar-refractivity contribution in [2.24, 2.45) is 0 Å². The van der Waals surface area contributed by atoms with E-state index in [1.807, 2.05) is 13.0 Å². The maximum atomic E-state index is 14.4. The number of hydrogen-bond donors (Lipinski definition) is 1. The van der Waals surface area contributed by atoms with E-state index in [4.69, 9.17) is 9.47 Å². The Morgan fingerprint density at radius 2 is 2.00 bits per heavy atom. The minimum Gasteiger partial charge on any atom is -0.494 e. The third-order valence-corrected chi connectivity index (χ3v) is 5.70. The Bertz CT molecular complexity index is 1180. The maximum absolute atomic E-state index is 14.4. The standard InChI is InChI=1S/C24H24F3N3O3/c1-3-15-5-4-14(8-20(15)26)10-30-11-18(23(29-30)16-12-33-13-16)24(31)28-9-17-19(25)6-7-21(32-2)22(17)27/h4-8,11,16H,3,9-10,12-13H2,1-2H3,(H,28,31). The average molecular weight is 459 g/mol. The first-order chi connectivity index (χ1) is 15.9. The van der Waals surface area contributed by atoms with Crippen molar-refractivity contribution in [2.45, 2.75) is 32.4 Å². The first-order valence-corrected chi connectivity index (χ1v) is 10.6. The van der Waals surface area contributed by atoms with Crippen molar-refractivity contribution in [2.75, 3.05) is 20.3 Å². The van der Waals surface area contributed by atoms with Crippen molar-refractivity contribution < 1.29 is 27.4 Å². The number of nitrogens with zero attached hydrogens (tertiary/aromatic N) is 2. The molecule has 3 aromatic rings. The molecule has 1 aromatic heterocycles. The van der Waals surface area contributed by atoms with Crippen molar-refractivity contribution in [1.29, 1.82) is 0 Å². The minimum atomic E-state index is -0.862. The Hall–Kier alpha value is -3.33. The van der Waals surface area contributed by atoms with E-state index in [2.05, 4.69) is 10.4 Å². The quantitative estimate of drug-likeness (QED) is 0.554. The highest BCUT2D eigenvalue weighted by atomic mass is 19.1. The molecule has 0 aliphatic carbocycles. The second-order valence-corrected chi connectivity index (χ2v) is 7.86. The van der Waals surface area contributed by atoms with Gasteiger partial charge in [-0.15, -0.1) is 0 Å². The first kappa shape index (κ1) is 22.8. The number of nitrogens with one attached hydrogen (secondary N) is 1. The predicted molar refractivity (Wildman–Crippen MR) is 115 cm³/mol. The van der Waals surface area contributed by atoms with E-state index < -0.39 is 17.5 Å². The van der Waals surface area contributed by atoms with Crippen molar-refractivity contribution in [3.05, 3.63) is 81.9 Å². The van der Waals surface area contributed by atoms with E-state index in [1.54, 1.807) is 16.9 Å². The van der Waals surface area contributed by atoms with Crippen LogP contribution in [0, 0.1) is 17.5 Å². The number of aromatic nitrogens is 2. The van der Waals surface area contributed by atoms with Crippen LogP contribution in [-0.2, 0) is 24.2 Å². The molecule has 1 N–H and O–H groups in total. The van der Waals surface area contributed by atoms with Gasteiger partial charge in [0.2, 0.25) is 0 Å². The second kappa shape index (κ2) is 9.66. The number of hydrogen-bond acceptors (Lipinski definition) is 4. The summed E-state index contributed by atoms with van der Waals surface area (Å²) in [6.45, 7) is 2.65. The molecule has 1 saturated heterocycles. The van der Waals surface area contributed by atoms with Crippen molar-refractivity contribution in [3.8, 4) is 5.75 Å². The van der Waals surface area contributed by atoms with Gasteiger partial charge in [0.05, 0.1) is 44.0 Å². The van der Waals surface area contributed by atoms with Crippen molar-refractivity contribution >= 4 is 5.91 Å². The van der Waals surface area contributed by atoms with Gasteiger partial charge in [-0.2, -0.15) is 5.10 Å². The number of aryl methyl sites for hydroxylation is 1. The molecule has 33 heavy (non-hydrogen) atoms. The molecule has 4 rings (SSSR count). The number of rotatable bonds is 8. The van der Waals surface area contributed by atoms with E-state index in [1.165, 1.54) is 19.2 Å². The largest absolute Gasteiger partial charge is 0.494 e. The Labute approximate surface area is 189 Å². The lowest BCUT2D eigenvalue weighted by molar-refractivity contribution is 0.00620. The fourth-order valence-electron chi connectivity index (χ4n) is 3.71. The number of halogens is 3. The minimum absolute atomic E-state index is 0.0588. The molecule has 1 aliphatic heterocycles. The van der Waals surface area contributed by atoms with Gasteiger partial charge in [-0.05, 0) is 35.7 Å². The highest BCUT2D eigenvalue weighted by Gasteiger charge is 2.29. The average Bonchev–Trinajstić information content (AvgIpc) is 3.15. The Morgan fingerprint density at radius 1 is 1.21 bits per heavy atom. The number of methoxy groups -OCH3 is 1. The van der Waals surface area contributed by atoms with Crippen LogP contribution < -0.4 is 10.1 Å². The lowest BCUT2D eigenvalue weighted by atomic mass is 10.00. The highest BCUT2D eigenvalue weighted by Crippen LogP contribution is 2.27. The molecule has 6 nitrogen and oxygen atoms in total. The lowest BCUT2D eigenvalue weighted by Gasteiger charge is -2.25. The summed E-state index contributed by atoms with van der Waals surface area (Å²) in [6.07, 6.45) is 2.16. The van der Waals surface area contributed by atoms with Gasteiger partial charge >= 0.3 is 0 Å². The van der Waals surface area contributed by atoms with Crippen LogP contribution in [0.1, 0.15) is 45.6 Å². The van der Waals surface area contributed by atoms with E-state index >= 15 is 0 Å². The fourth-order valence-corrected chi connectivity index (χ4v) is 3.71. The number of amides is 1. The number of carbonyl (C=O) groups is 1. The summed E-state index contributed by atoms with van der Waals surface area (Å²) in [5.74, 6) is -2.61. The summed E-state index contributed by atoms with van der Waals surface area (Å²) in [7, 11) is 1.28. The Kier molecular flexibility index (Phi) is 6.69. The van der Waals surface area contributed by atoms with Crippen molar-refractivity contribution in [1.82, 2.24) is 15.1 Å². The van der Waals surface area contributed by atoms with E-state index in [-0.39, 0.29) is 41.7 Å². The molecular weight excluding hydrogens is 435 g/mol. The first-order valence-electron chi connectivity index (χ1n) is 10.6. The normalized spacial score (nSPS) is 13.6. The van der Waals surface area contributed by atoms with Gasteiger partial charge in [-0.25, -0.2) is 13.2 Å². The molecule has 1 amide bonds. The van der Waals surface area contributed by atoms with E-state index in [0.717, 1.165) is 6.07 Å². The van der Waals surface area contributed by atoms with Gasteiger partial charge in [0, 0.05) is 18.3 Å². The molecule has 0 bridgehead atoms. The van der Waals surface area contributed by atoms with Gasteiger partial charge in [-0.3, -0.25) is 9.48 Å². The summed E-state index contributed by atoms with van der Waals surface area (Å²) in [6, 6.07) is 7.29. The molecule has 0 saturated carbocycles. The predicted octanol–water partition coefficient (Wildman–Crippen LogP) is 3.96. The molecular formula is C24H24F3N3O3. The molecule has 174 valence electrons. The topological polar surface area (TPSA) is 65.4 Å². The highest BCUT2D eigenvalue weighted by molar-refractivity contribution is 5.95. The monoisotopic (exact) mass is 459 g/mol. The Morgan fingerprint density at radius 3 is 2.64 bits per heavy atom. The SMILES string of the molecule is CCc1ccc(Cn2cc(C(=O)NCc3c(F)ccc(OC)c3F)c(C3COC3)n2)cc1F. The molecule has 0 radical (unpaired) electrons. The van der Waals surface area contributed by atoms with Gasteiger partial charge in [-0.1, -0.05) is 19.1 Å². The molecule has 1 aliphatic rings. The van der Waals surface area contributed by atoms with Gasteiger partial charge in [0.15, 0.2) is 11.6 Å². The summed E-state index contributed by atoms with van der Waals surface area (Å²) >= 11 is 0. The van der Waals surface area contributed by atoms with Crippen molar-refractivity contribution in [3.63, 3.8) is 0 Å². The number of benzene rings is 2. The van der Waals surface area contributed by atoms with Gasteiger partial charge in [0.1, 0.15) is 11.6 Å². The Balaban J connectivity index is 1.55. The number of ether oxygens (including phenoxy) is 2. The smallest absolute Gasteiger partial charge is 0.255 e. The van der Waals surface area contributed by atoms with Gasteiger partial charge in [0.25, 0.3) is 5.91 Å². The zero-order valence-corrected chi connectivity index (χ0v) is 18.3. The fraction of sp³-hybridized carbons (Fsp3) is 0.333. The molecule has 0 unspecified atom stereocenters. The van der Waals surface area contributed by atoms with E-state index in [0.29, 0.717) is 36.5 Å². The summed E-state index contributed by atoms with van der Waals surface area (Å²) in [5, 5.41) is 7.09. The molecule has 1 fully saturated rings. The third-order valence-electron chi connectivity index (χ3n) is 5.70. The van der Waals surface area contributed by atoms with Crippen LogP contribution >= 0.6 is 0 Å². The zero-order valence-electron chi connectivity index (χ0n) is 18.3. The van der Waals surface area contributed by atoms with Crippen LogP contribution in [-0.4, -0.2) is 36.0 Å². The van der Waals surface area contributed by atoms with Crippen LogP contribution in [0.2, 0.25) is 0 Å². The third kappa shape index (κ3) is 4.73. The molecule has 0 spiro atoms. The van der Waals surface area contributed by atoms with Crippen LogP contribution in [0.4, 0.5) is 13.2 Å². The number of carbonyl (C=O) groups excluding carboxylic acids is 1. The lowest BCUT2D eigenvalue weighted by Crippen LogP contribution is -2.30. The second-order valence-electron chi connectivity index (χ2n) is 7.86. The zero-order chi connectivity index (χ0) is 23.5. The molecule has 2 aromatic carbocycles. The van der Waals surface area contributed by atoms with Crippen LogP contribution in [0.3, 0.4) is 0 Å². The van der Waals surface area contributed by atoms with Gasteiger partial charge < -0.3 is 14.8 Å². The molecule has 9 heteroatoms. The van der Waals surface area contributed by atoms with Crippen LogP contribution in [0.5, 0.6) is 5.75 Å². The molecule has 2 heterocycles. The summed E-state index contributed by atoms with van der Waals surface area (Å²) in [5.41, 5.74) is 1.86. The van der Waals surface area contributed by atoms with Crippen LogP contribution in [0.25, 0.3) is 0 Å². The van der Waals surface area contributed by atoms with Crippen LogP contribution in [0.15, 0.2) is 36.5 Å². The molecule has 0 atom stereocenters.